The smallest absolute Gasteiger partial charge is 0.375 e. The molecule has 7 heteroatoms. The quantitative estimate of drug-likeness (QED) is 0.669. The Hall–Kier alpha value is -2.67. The first-order valence-electron chi connectivity index (χ1n) is 6.64. The zero-order valence-electron chi connectivity index (χ0n) is 12.2. The first-order chi connectivity index (χ1) is 10.7. The van der Waals surface area contributed by atoms with E-state index in [-0.39, 0.29) is 24.9 Å². The largest absolute Gasteiger partial charge is 0.450 e. The lowest BCUT2D eigenvalue weighted by Gasteiger charge is -2.02. The van der Waals surface area contributed by atoms with Gasteiger partial charge in [-0.2, -0.15) is 0 Å². The van der Waals surface area contributed by atoms with Crippen LogP contribution < -0.4 is 0 Å². The van der Waals surface area contributed by atoms with Crippen molar-refractivity contribution in [1.82, 2.24) is 10.2 Å². The summed E-state index contributed by atoms with van der Waals surface area (Å²) in [5.74, 6) is 0.170. The number of hydrogen-bond donors (Lipinski definition) is 0. The van der Waals surface area contributed by atoms with Crippen LogP contribution in [-0.4, -0.2) is 23.3 Å². The summed E-state index contributed by atoms with van der Waals surface area (Å²) >= 11 is 0. The molecule has 0 saturated carbocycles. The van der Waals surface area contributed by atoms with Gasteiger partial charge in [-0.05, 0) is 6.07 Å². The summed E-state index contributed by atoms with van der Waals surface area (Å²) < 4.78 is 21.0. The number of hydrogen-bond acceptors (Lipinski definition) is 7. The minimum atomic E-state index is -0.598. The summed E-state index contributed by atoms with van der Waals surface area (Å²) in [6.45, 7) is 1.80. The van der Waals surface area contributed by atoms with Gasteiger partial charge in [-0.15, -0.1) is 10.2 Å². The van der Waals surface area contributed by atoms with Gasteiger partial charge in [-0.1, -0.05) is 18.2 Å². The Morgan fingerprint density at radius 1 is 1.18 bits per heavy atom. The molecule has 7 nitrogen and oxygen atoms in total. The van der Waals surface area contributed by atoms with Crippen molar-refractivity contribution in [2.45, 2.75) is 20.1 Å². The fraction of sp³-hybridized carbons (Fsp3) is 0.267. The molecule has 3 rings (SSSR count). The lowest BCUT2D eigenvalue weighted by molar-refractivity contribution is 0.0397. The molecule has 0 fully saturated rings. The summed E-state index contributed by atoms with van der Waals surface area (Å²) in [6.07, 6.45) is 0. The van der Waals surface area contributed by atoms with Crippen LogP contribution in [0.3, 0.4) is 0 Å². The number of rotatable bonds is 5. The van der Waals surface area contributed by atoms with Crippen molar-refractivity contribution >= 4 is 16.9 Å². The molecule has 2 heterocycles. The number of ether oxygens (including phenoxy) is 2. The van der Waals surface area contributed by atoms with Crippen molar-refractivity contribution in [2.24, 2.45) is 0 Å². The molecule has 0 bridgehead atoms. The second-order valence-corrected chi connectivity index (χ2v) is 4.63. The molecule has 114 valence electrons. The van der Waals surface area contributed by atoms with Gasteiger partial charge in [0, 0.05) is 25.0 Å². The van der Waals surface area contributed by atoms with Gasteiger partial charge in [0.1, 0.15) is 5.58 Å². The van der Waals surface area contributed by atoms with Crippen LogP contribution in [0.4, 0.5) is 0 Å². The highest BCUT2D eigenvalue weighted by atomic mass is 16.6. The van der Waals surface area contributed by atoms with Crippen LogP contribution in [0.25, 0.3) is 11.0 Å². The normalized spacial score (nSPS) is 11.0. The summed E-state index contributed by atoms with van der Waals surface area (Å²) in [7, 11) is 1.55. The van der Waals surface area contributed by atoms with Crippen molar-refractivity contribution in [2.75, 3.05) is 7.11 Å². The first kappa shape index (κ1) is 14.3. The number of aryl methyl sites for hydroxylation is 1. The summed E-state index contributed by atoms with van der Waals surface area (Å²) in [4.78, 5) is 12.2. The number of esters is 1. The number of furan rings is 1. The molecule has 0 unspecified atom stereocenters. The van der Waals surface area contributed by atoms with E-state index in [0.29, 0.717) is 17.0 Å². The molecule has 0 radical (unpaired) electrons. The predicted molar refractivity (Wildman–Crippen MR) is 75.1 cm³/mol. The van der Waals surface area contributed by atoms with Crippen LogP contribution >= 0.6 is 0 Å². The maximum Gasteiger partial charge on any atom is 0.375 e. The molecule has 0 aliphatic carbocycles. The predicted octanol–water partition coefficient (Wildman–Crippen LogP) is 2.63. The second kappa shape index (κ2) is 5.98. The third kappa shape index (κ3) is 2.71. The van der Waals surface area contributed by atoms with E-state index in [1.807, 2.05) is 18.2 Å². The standard InChI is InChI=1S/C15H14N2O5/c1-9-16-17-13(21-9)8-20-15(18)14-11(7-19-2)10-5-3-4-6-12(10)22-14/h3-6H,7-8H2,1-2H3. The van der Waals surface area contributed by atoms with Crippen molar-refractivity contribution in [1.29, 1.82) is 0 Å². The Kier molecular flexibility index (Phi) is 3.88. The van der Waals surface area contributed by atoms with Gasteiger partial charge in [-0.3, -0.25) is 0 Å². The highest BCUT2D eigenvalue weighted by molar-refractivity contribution is 5.96. The maximum absolute atomic E-state index is 12.2. The van der Waals surface area contributed by atoms with E-state index >= 15 is 0 Å². The van der Waals surface area contributed by atoms with E-state index < -0.39 is 5.97 Å². The van der Waals surface area contributed by atoms with E-state index in [1.54, 1.807) is 20.1 Å². The molecule has 2 aromatic heterocycles. The molecule has 0 aliphatic rings. The highest BCUT2D eigenvalue weighted by Crippen LogP contribution is 2.27. The average molecular weight is 302 g/mol. The van der Waals surface area contributed by atoms with E-state index in [9.17, 15) is 4.79 Å². The van der Waals surface area contributed by atoms with Gasteiger partial charge >= 0.3 is 5.97 Å². The molecular formula is C15H14N2O5. The molecule has 0 atom stereocenters. The minimum absolute atomic E-state index is 0.108. The number of nitrogens with zero attached hydrogens (tertiary/aromatic N) is 2. The zero-order valence-corrected chi connectivity index (χ0v) is 12.2. The minimum Gasteiger partial charge on any atom is -0.450 e. The Bertz CT molecular complexity index is 805. The van der Waals surface area contributed by atoms with Crippen LogP contribution in [0.5, 0.6) is 0 Å². The Morgan fingerprint density at radius 2 is 2.00 bits per heavy atom. The molecule has 0 amide bonds. The SMILES string of the molecule is COCc1c(C(=O)OCc2nnc(C)o2)oc2ccccc12. The lowest BCUT2D eigenvalue weighted by Crippen LogP contribution is -2.07. The zero-order chi connectivity index (χ0) is 15.5. The van der Waals surface area contributed by atoms with Crippen LogP contribution in [0.2, 0.25) is 0 Å². The average Bonchev–Trinajstić information content (AvgIpc) is 3.10. The number of carbonyl (C=O) groups is 1. The number of aromatic nitrogens is 2. The van der Waals surface area contributed by atoms with Crippen molar-refractivity contribution < 1.29 is 23.1 Å². The number of methoxy groups -OCH3 is 1. The Balaban J connectivity index is 1.84. The van der Waals surface area contributed by atoms with Gasteiger partial charge in [0.15, 0.2) is 6.61 Å². The first-order valence-corrected chi connectivity index (χ1v) is 6.64. The third-order valence-electron chi connectivity index (χ3n) is 3.07. The van der Waals surface area contributed by atoms with Crippen LogP contribution in [0.15, 0.2) is 33.1 Å². The molecule has 0 spiro atoms. The van der Waals surface area contributed by atoms with Gasteiger partial charge in [-0.25, -0.2) is 4.79 Å². The number of fused-ring (bicyclic) bond motifs is 1. The molecule has 0 aliphatic heterocycles. The summed E-state index contributed by atoms with van der Waals surface area (Å²) in [5, 5.41) is 8.26. The fourth-order valence-corrected chi connectivity index (χ4v) is 2.14. The monoisotopic (exact) mass is 302 g/mol. The number of carbonyl (C=O) groups excluding carboxylic acids is 1. The van der Waals surface area contributed by atoms with Crippen LogP contribution in [-0.2, 0) is 22.7 Å². The Morgan fingerprint density at radius 3 is 2.73 bits per heavy atom. The van der Waals surface area contributed by atoms with Crippen molar-refractivity contribution in [3.63, 3.8) is 0 Å². The van der Waals surface area contributed by atoms with E-state index in [1.165, 1.54) is 0 Å². The van der Waals surface area contributed by atoms with E-state index in [2.05, 4.69) is 10.2 Å². The van der Waals surface area contributed by atoms with Gasteiger partial charge in [0.05, 0.1) is 6.61 Å². The summed E-state index contributed by atoms with van der Waals surface area (Å²) in [5.41, 5.74) is 1.26. The fourth-order valence-electron chi connectivity index (χ4n) is 2.14. The highest BCUT2D eigenvalue weighted by Gasteiger charge is 2.22. The van der Waals surface area contributed by atoms with E-state index in [0.717, 1.165) is 5.39 Å². The maximum atomic E-state index is 12.2. The molecule has 0 saturated heterocycles. The van der Waals surface area contributed by atoms with Crippen molar-refractivity contribution in [3.8, 4) is 0 Å². The molecule has 22 heavy (non-hydrogen) atoms. The number of para-hydroxylation sites is 1. The van der Waals surface area contributed by atoms with Gasteiger partial charge < -0.3 is 18.3 Å². The number of benzene rings is 1. The van der Waals surface area contributed by atoms with Gasteiger partial charge in [0.25, 0.3) is 5.89 Å². The van der Waals surface area contributed by atoms with Crippen LogP contribution in [0, 0.1) is 6.92 Å². The second-order valence-electron chi connectivity index (χ2n) is 4.63. The summed E-state index contributed by atoms with van der Waals surface area (Å²) in [6, 6.07) is 7.35. The van der Waals surface area contributed by atoms with E-state index in [4.69, 9.17) is 18.3 Å². The third-order valence-corrected chi connectivity index (χ3v) is 3.07. The van der Waals surface area contributed by atoms with Gasteiger partial charge in [0.2, 0.25) is 11.7 Å². The topological polar surface area (TPSA) is 87.6 Å². The molecule has 1 aromatic carbocycles. The molecule has 0 N–H and O–H groups in total. The lowest BCUT2D eigenvalue weighted by atomic mass is 10.1. The van der Waals surface area contributed by atoms with Crippen molar-refractivity contribution in [3.05, 3.63) is 47.4 Å². The molecular weight excluding hydrogens is 288 g/mol. The Labute approximate surface area is 125 Å². The van der Waals surface area contributed by atoms with Crippen LogP contribution in [0.1, 0.15) is 27.9 Å². The molecule has 3 aromatic rings.